The van der Waals surface area contributed by atoms with Crippen molar-refractivity contribution in [3.8, 4) is 5.75 Å². The first-order valence-electron chi connectivity index (χ1n) is 8.20. The van der Waals surface area contributed by atoms with Crippen molar-refractivity contribution >= 4 is 11.8 Å². The molecule has 0 saturated heterocycles. The molecule has 0 saturated carbocycles. The van der Waals surface area contributed by atoms with E-state index in [4.69, 9.17) is 4.74 Å². The lowest BCUT2D eigenvalue weighted by molar-refractivity contribution is 0.0469. The van der Waals surface area contributed by atoms with Gasteiger partial charge >= 0.3 is 5.97 Å². The van der Waals surface area contributed by atoms with Gasteiger partial charge in [0.15, 0.2) is 5.78 Å². The summed E-state index contributed by atoms with van der Waals surface area (Å²) in [5.41, 5.74) is 2.71. The molecule has 0 spiro atoms. The molecule has 0 aliphatic rings. The van der Waals surface area contributed by atoms with Gasteiger partial charge in [-0.05, 0) is 24.1 Å². The van der Waals surface area contributed by atoms with E-state index in [2.05, 4.69) is 0 Å². The third kappa shape index (κ3) is 3.81. The smallest absolute Gasteiger partial charge is 0.342 e. The fourth-order valence-electron chi connectivity index (χ4n) is 2.56. The van der Waals surface area contributed by atoms with Crippen LogP contribution in [0, 0.1) is 6.92 Å². The van der Waals surface area contributed by atoms with E-state index >= 15 is 0 Å². The summed E-state index contributed by atoms with van der Waals surface area (Å²) in [6, 6.07) is 20.9. The van der Waals surface area contributed by atoms with E-state index in [1.165, 1.54) is 6.07 Å². The number of phenols is 1. The second kappa shape index (κ2) is 7.66. The van der Waals surface area contributed by atoms with Gasteiger partial charge in [0.05, 0.1) is 0 Å². The van der Waals surface area contributed by atoms with Crippen LogP contribution in [0.5, 0.6) is 5.75 Å². The van der Waals surface area contributed by atoms with E-state index in [-0.39, 0.29) is 23.7 Å². The highest BCUT2D eigenvalue weighted by molar-refractivity contribution is 6.08. The summed E-state index contributed by atoms with van der Waals surface area (Å²) in [5, 5.41) is 9.93. The first kappa shape index (κ1) is 17.4. The molecular weight excluding hydrogens is 328 g/mol. The third-order valence-corrected chi connectivity index (χ3v) is 4.08. The molecule has 4 nitrogen and oxygen atoms in total. The lowest BCUT2D eigenvalue weighted by Crippen LogP contribution is -2.06. The van der Waals surface area contributed by atoms with Crippen LogP contribution < -0.4 is 0 Å². The van der Waals surface area contributed by atoms with Crippen molar-refractivity contribution in [3.05, 3.63) is 101 Å². The van der Waals surface area contributed by atoms with Crippen molar-refractivity contribution in [2.45, 2.75) is 13.5 Å². The Morgan fingerprint density at radius 2 is 1.50 bits per heavy atom. The predicted octanol–water partition coefficient (Wildman–Crippen LogP) is 4.29. The van der Waals surface area contributed by atoms with Gasteiger partial charge in [0.2, 0.25) is 0 Å². The number of rotatable bonds is 5. The highest BCUT2D eigenvalue weighted by Gasteiger charge is 2.14. The predicted molar refractivity (Wildman–Crippen MR) is 98.3 cm³/mol. The van der Waals surface area contributed by atoms with Crippen molar-refractivity contribution in [1.82, 2.24) is 0 Å². The van der Waals surface area contributed by atoms with E-state index in [9.17, 15) is 14.7 Å². The fourth-order valence-corrected chi connectivity index (χ4v) is 2.56. The van der Waals surface area contributed by atoms with Gasteiger partial charge in [-0.3, -0.25) is 4.79 Å². The van der Waals surface area contributed by atoms with Crippen LogP contribution in [0.1, 0.15) is 37.4 Å². The number of hydrogen-bond donors (Lipinski definition) is 1. The van der Waals surface area contributed by atoms with Crippen molar-refractivity contribution in [2.75, 3.05) is 0 Å². The molecule has 0 unspecified atom stereocenters. The molecule has 0 radical (unpaired) electrons. The zero-order valence-corrected chi connectivity index (χ0v) is 14.3. The Bertz CT molecular complexity index is 928. The van der Waals surface area contributed by atoms with E-state index in [1.54, 1.807) is 55.5 Å². The third-order valence-electron chi connectivity index (χ3n) is 4.08. The molecule has 0 aliphatic heterocycles. The molecule has 0 aromatic heterocycles. The largest absolute Gasteiger partial charge is 0.507 e. The molecule has 1 N–H and O–H groups in total. The number of benzene rings is 3. The first-order chi connectivity index (χ1) is 12.6. The summed E-state index contributed by atoms with van der Waals surface area (Å²) in [5.74, 6) is -0.712. The summed E-state index contributed by atoms with van der Waals surface area (Å²) < 4.78 is 5.25. The second-order valence-corrected chi connectivity index (χ2v) is 5.94. The highest BCUT2D eigenvalue weighted by Crippen LogP contribution is 2.22. The number of aryl methyl sites for hydroxylation is 1. The van der Waals surface area contributed by atoms with Crippen LogP contribution in [0.25, 0.3) is 0 Å². The number of ketones is 1. The van der Waals surface area contributed by atoms with Crippen LogP contribution in [0.2, 0.25) is 0 Å². The maximum atomic E-state index is 12.4. The molecule has 0 fully saturated rings. The van der Waals surface area contributed by atoms with Gasteiger partial charge < -0.3 is 9.84 Å². The zero-order valence-electron chi connectivity index (χ0n) is 14.3. The highest BCUT2D eigenvalue weighted by atomic mass is 16.5. The Balaban J connectivity index is 1.65. The van der Waals surface area contributed by atoms with Crippen molar-refractivity contribution in [1.29, 1.82) is 0 Å². The molecular formula is C22H18O4. The van der Waals surface area contributed by atoms with Crippen LogP contribution in [0.4, 0.5) is 0 Å². The zero-order chi connectivity index (χ0) is 18.5. The Labute approximate surface area is 151 Å². The van der Waals surface area contributed by atoms with E-state index in [0.29, 0.717) is 16.7 Å². The summed E-state index contributed by atoms with van der Waals surface area (Å²) in [6.45, 7) is 1.78. The summed E-state index contributed by atoms with van der Waals surface area (Å²) in [4.78, 5) is 24.5. The monoisotopic (exact) mass is 346 g/mol. The van der Waals surface area contributed by atoms with Crippen LogP contribution >= 0.6 is 0 Å². The molecule has 3 aromatic carbocycles. The maximum absolute atomic E-state index is 12.4. The minimum atomic E-state index is -0.587. The van der Waals surface area contributed by atoms with Gasteiger partial charge in [-0.25, -0.2) is 4.79 Å². The molecule has 0 bridgehead atoms. The number of carbonyl (C=O) groups excluding carboxylic acids is 2. The average Bonchev–Trinajstić information content (AvgIpc) is 2.69. The minimum Gasteiger partial charge on any atom is -0.507 e. The Morgan fingerprint density at radius 1 is 0.846 bits per heavy atom. The molecule has 0 amide bonds. The lowest BCUT2D eigenvalue weighted by Gasteiger charge is -2.08. The van der Waals surface area contributed by atoms with Crippen LogP contribution in [-0.2, 0) is 11.3 Å². The quantitative estimate of drug-likeness (QED) is 0.553. The number of hydrogen-bond acceptors (Lipinski definition) is 4. The van der Waals surface area contributed by atoms with Crippen molar-refractivity contribution in [2.24, 2.45) is 0 Å². The Kier molecular flexibility index (Phi) is 5.13. The van der Waals surface area contributed by atoms with Gasteiger partial charge in [0.1, 0.15) is 17.9 Å². The lowest BCUT2D eigenvalue weighted by atomic mass is 10.0. The number of aromatic hydroxyl groups is 1. The molecule has 26 heavy (non-hydrogen) atoms. The molecule has 3 rings (SSSR count). The summed E-state index contributed by atoms with van der Waals surface area (Å²) in [7, 11) is 0. The number of carbonyl (C=O) groups is 2. The molecule has 0 atom stereocenters. The van der Waals surface area contributed by atoms with Gasteiger partial charge in [0.25, 0.3) is 0 Å². The number of para-hydroxylation sites is 1. The van der Waals surface area contributed by atoms with Crippen LogP contribution in [0.3, 0.4) is 0 Å². The summed E-state index contributed by atoms with van der Waals surface area (Å²) >= 11 is 0. The van der Waals surface area contributed by atoms with Gasteiger partial charge in [-0.1, -0.05) is 66.7 Å². The maximum Gasteiger partial charge on any atom is 0.342 e. The molecule has 130 valence electrons. The Morgan fingerprint density at radius 3 is 2.19 bits per heavy atom. The topological polar surface area (TPSA) is 63.6 Å². The minimum absolute atomic E-state index is 0.0566. The number of phenolic OH excluding ortho intramolecular Hbond substituents is 1. The standard InChI is InChI=1S/C22H18O4/c1-15-6-5-9-19(20(15)23)22(25)26-14-16-10-12-18(13-11-16)21(24)17-7-3-2-4-8-17/h2-13,23H,14H2,1H3. The van der Waals surface area contributed by atoms with E-state index in [0.717, 1.165) is 5.56 Å². The molecule has 0 aliphatic carbocycles. The SMILES string of the molecule is Cc1cccc(C(=O)OCc2ccc(C(=O)c3ccccc3)cc2)c1O. The number of esters is 1. The molecule has 0 heterocycles. The molecule has 4 heteroatoms. The summed E-state index contributed by atoms with van der Waals surface area (Å²) in [6.07, 6.45) is 0. The van der Waals surface area contributed by atoms with Gasteiger partial charge in [0, 0.05) is 11.1 Å². The first-order valence-corrected chi connectivity index (χ1v) is 8.20. The average molecular weight is 346 g/mol. The van der Waals surface area contributed by atoms with Crippen molar-refractivity contribution < 1.29 is 19.4 Å². The fraction of sp³-hybridized carbons (Fsp3) is 0.0909. The van der Waals surface area contributed by atoms with E-state index < -0.39 is 5.97 Å². The van der Waals surface area contributed by atoms with Crippen LogP contribution in [-0.4, -0.2) is 16.9 Å². The molecule has 3 aromatic rings. The number of ether oxygens (including phenoxy) is 1. The normalized spacial score (nSPS) is 10.3. The van der Waals surface area contributed by atoms with Gasteiger partial charge in [-0.2, -0.15) is 0 Å². The van der Waals surface area contributed by atoms with E-state index in [1.807, 2.05) is 18.2 Å². The van der Waals surface area contributed by atoms with Crippen LogP contribution in [0.15, 0.2) is 72.8 Å². The second-order valence-electron chi connectivity index (χ2n) is 5.94. The Hall–Kier alpha value is -3.40. The van der Waals surface area contributed by atoms with Gasteiger partial charge in [-0.15, -0.1) is 0 Å². The van der Waals surface area contributed by atoms with Crippen molar-refractivity contribution in [3.63, 3.8) is 0 Å².